The Morgan fingerprint density at radius 1 is 1.28 bits per heavy atom. The minimum Gasteiger partial charge on any atom is -0.442 e. The number of piperidine rings is 1. The van der Waals surface area contributed by atoms with E-state index in [1.807, 2.05) is 24.3 Å². The maximum Gasteiger partial charge on any atom is 0.414 e. The van der Waals surface area contributed by atoms with E-state index in [-0.39, 0.29) is 19.0 Å². The smallest absolute Gasteiger partial charge is 0.414 e. The summed E-state index contributed by atoms with van der Waals surface area (Å²) in [6.45, 7) is 3.57. The average molecular weight is 434 g/mol. The van der Waals surface area contributed by atoms with Crippen LogP contribution >= 0.6 is 0 Å². The van der Waals surface area contributed by atoms with Crippen molar-refractivity contribution in [2.45, 2.75) is 18.4 Å². The van der Waals surface area contributed by atoms with Crippen LogP contribution < -0.4 is 15.5 Å². The summed E-state index contributed by atoms with van der Waals surface area (Å²) < 4.78 is 20.2. The molecule has 1 aliphatic carbocycles. The number of nitrogens with one attached hydrogen (secondary N) is 2. The number of nitrogens with zero attached hydrogens (tertiary/aromatic N) is 2. The van der Waals surface area contributed by atoms with Crippen LogP contribution in [0.15, 0.2) is 42.5 Å². The third-order valence-electron chi connectivity index (χ3n) is 6.85. The number of cyclic esters (lactones) is 1. The second-order valence-corrected chi connectivity index (χ2v) is 8.65. The molecule has 8 heteroatoms. The highest BCUT2D eigenvalue weighted by atomic mass is 19.1. The van der Waals surface area contributed by atoms with Crippen LogP contribution in [0.5, 0.6) is 0 Å². The van der Waals surface area contributed by atoms with Gasteiger partial charge in [0.2, 0.25) is 5.91 Å². The van der Waals surface area contributed by atoms with Crippen molar-refractivity contribution in [3.8, 4) is 17.2 Å². The Hall–Kier alpha value is -3.44. The Bertz CT molecular complexity index is 1120. The SMILES string of the molecule is CC(=O)NC[C@H]1CN(c2ccc(-c3ccc([C@@]4(C#N)[C@@H]5CNC[C@@H]54)cc3)c(F)c2)C(=O)O1. The van der Waals surface area contributed by atoms with Gasteiger partial charge in [0.05, 0.1) is 30.3 Å². The average Bonchev–Trinajstić information content (AvgIpc) is 3.09. The molecule has 0 unspecified atom stereocenters. The molecule has 0 aromatic heterocycles. The van der Waals surface area contributed by atoms with E-state index in [4.69, 9.17) is 4.74 Å². The number of carbonyl (C=O) groups excluding carboxylic acids is 2. The Kier molecular flexibility index (Phi) is 4.86. The van der Waals surface area contributed by atoms with Gasteiger partial charge in [0.25, 0.3) is 0 Å². The fourth-order valence-corrected chi connectivity index (χ4v) is 5.13. The van der Waals surface area contributed by atoms with Gasteiger partial charge in [-0.15, -0.1) is 0 Å². The van der Waals surface area contributed by atoms with Crippen molar-refractivity contribution in [2.75, 3.05) is 31.1 Å². The molecule has 32 heavy (non-hydrogen) atoms. The first-order valence-corrected chi connectivity index (χ1v) is 10.7. The van der Waals surface area contributed by atoms with Crippen molar-refractivity contribution in [1.29, 1.82) is 5.26 Å². The molecule has 2 aliphatic heterocycles. The zero-order valence-electron chi connectivity index (χ0n) is 17.6. The quantitative estimate of drug-likeness (QED) is 0.754. The summed E-state index contributed by atoms with van der Waals surface area (Å²) in [4.78, 5) is 24.6. The van der Waals surface area contributed by atoms with E-state index >= 15 is 0 Å². The molecule has 2 aromatic carbocycles. The molecule has 2 heterocycles. The minimum absolute atomic E-state index is 0.205. The van der Waals surface area contributed by atoms with E-state index in [9.17, 15) is 19.2 Å². The van der Waals surface area contributed by atoms with Gasteiger partial charge in [-0.25, -0.2) is 9.18 Å². The Morgan fingerprint density at radius 3 is 2.62 bits per heavy atom. The lowest BCUT2D eigenvalue weighted by atomic mass is 9.90. The third kappa shape index (κ3) is 3.21. The van der Waals surface area contributed by atoms with E-state index in [2.05, 4.69) is 16.7 Å². The minimum atomic E-state index is -0.567. The number of fused-ring (bicyclic) bond motifs is 1. The van der Waals surface area contributed by atoms with Crippen LogP contribution in [-0.4, -0.2) is 44.3 Å². The van der Waals surface area contributed by atoms with Gasteiger partial charge >= 0.3 is 6.09 Å². The summed E-state index contributed by atoms with van der Waals surface area (Å²) in [5.74, 6) is 0.0483. The highest BCUT2D eigenvalue weighted by Gasteiger charge is 2.68. The Morgan fingerprint density at radius 2 is 2.00 bits per heavy atom. The molecule has 1 saturated carbocycles. The molecular weight excluding hydrogens is 411 g/mol. The van der Waals surface area contributed by atoms with E-state index < -0.39 is 23.4 Å². The molecule has 164 valence electrons. The topological polar surface area (TPSA) is 94.5 Å². The first-order valence-electron chi connectivity index (χ1n) is 10.7. The van der Waals surface area contributed by atoms with Crippen LogP contribution in [0.3, 0.4) is 0 Å². The molecule has 3 aliphatic rings. The van der Waals surface area contributed by atoms with E-state index in [0.717, 1.165) is 18.7 Å². The summed E-state index contributed by atoms with van der Waals surface area (Å²) in [6, 6.07) is 14.7. The number of amides is 2. The number of halogens is 1. The molecule has 0 spiro atoms. The van der Waals surface area contributed by atoms with Gasteiger partial charge < -0.3 is 15.4 Å². The highest BCUT2D eigenvalue weighted by Crippen LogP contribution is 2.61. The van der Waals surface area contributed by atoms with Crippen LogP contribution in [-0.2, 0) is 14.9 Å². The molecule has 5 rings (SSSR count). The normalized spacial score (nSPS) is 28.1. The molecule has 0 bridgehead atoms. The van der Waals surface area contributed by atoms with Gasteiger partial charge in [-0.1, -0.05) is 24.3 Å². The van der Waals surface area contributed by atoms with Gasteiger partial charge in [0.15, 0.2) is 0 Å². The molecule has 3 fully saturated rings. The Balaban J connectivity index is 1.32. The maximum atomic E-state index is 15.0. The lowest BCUT2D eigenvalue weighted by Gasteiger charge is -2.16. The van der Waals surface area contributed by atoms with Gasteiger partial charge in [-0.2, -0.15) is 5.26 Å². The number of rotatable bonds is 5. The van der Waals surface area contributed by atoms with Gasteiger partial charge in [0.1, 0.15) is 11.9 Å². The summed E-state index contributed by atoms with van der Waals surface area (Å²) >= 11 is 0. The molecule has 7 nitrogen and oxygen atoms in total. The highest BCUT2D eigenvalue weighted by molar-refractivity contribution is 5.90. The van der Waals surface area contributed by atoms with Crippen LogP contribution in [0.25, 0.3) is 11.1 Å². The van der Waals surface area contributed by atoms with Gasteiger partial charge in [0, 0.05) is 37.4 Å². The van der Waals surface area contributed by atoms with Crippen LogP contribution in [0.1, 0.15) is 12.5 Å². The van der Waals surface area contributed by atoms with Crippen molar-refractivity contribution in [2.24, 2.45) is 11.8 Å². The predicted molar refractivity (Wildman–Crippen MR) is 115 cm³/mol. The van der Waals surface area contributed by atoms with Crippen LogP contribution in [0.2, 0.25) is 0 Å². The van der Waals surface area contributed by atoms with Crippen molar-refractivity contribution < 1.29 is 18.7 Å². The van der Waals surface area contributed by atoms with E-state index in [1.54, 1.807) is 12.1 Å². The standard InChI is InChI=1S/C24H23FN4O3/c1-14(30)28-9-18-12-29(23(31)32-18)17-6-7-19(22(25)8-17)15-2-4-16(5-3-15)24(13-26)20-10-27-11-21(20)24/h2-8,18,20-21,27H,9-12H2,1H3,(H,28,30)/t18-,20-,21+,24+/m0/s1. The second kappa shape index (κ2) is 7.61. The van der Waals surface area contributed by atoms with Gasteiger partial charge in [-0.05, 0) is 29.3 Å². The summed E-state index contributed by atoms with van der Waals surface area (Å²) in [5.41, 5.74) is 2.10. The Labute approximate surface area is 185 Å². The number of carbonyl (C=O) groups is 2. The largest absolute Gasteiger partial charge is 0.442 e. The molecule has 2 N–H and O–H groups in total. The van der Waals surface area contributed by atoms with Crippen molar-refractivity contribution >= 4 is 17.7 Å². The third-order valence-corrected chi connectivity index (χ3v) is 6.85. The summed E-state index contributed by atoms with van der Waals surface area (Å²) in [7, 11) is 0. The van der Waals surface area contributed by atoms with E-state index in [0.29, 0.717) is 28.7 Å². The van der Waals surface area contributed by atoms with Gasteiger partial charge in [-0.3, -0.25) is 9.69 Å². The number of hydrogen-bond acceptors (Lipinski definition) is 5. The molecular formula is C24H23FN4O3. The zero-order valence-corrected chi connectivity index (χ0v) is 17.6. The second-order valence-electron chi connectivity index (χ2n) is 8.65. The van der Waals surface area contributed by atoms with Crippen LogP contribution in [0, 0.1) is 29.0 Å². The number of anilines is 1. The lowest BCUT2D eigenvalue weighted by molar-refractivity contribution is -0.119. The summed E-state index contributed by atoms with van der Waals surface area (Å²) in [5, 5.41) is 15.7. The zero-order chi connectivity index (χ0) is 22.5. The van der Waals surface area contributed by atoms with Crippen molar-refractivity contribution in [3.63, 3.8) is 0 Å². The molecule has 2 amide bonds. The number of hydrogen-bond donors (Lipinski definition) is 2. The van der Waals surface area contributed by atoms with Crippen LogP contribution in [0.4, 0.5) is 14.9 Å². The fourth-order valence-electron chi connectivity index (χ4n) is 5.13. The molecule has 2 aromatic rings. The lowest BCUT2D eigenvalue weighted by Crippen LogP contribution is -2.33. The number of benzene rings is 2. The number of ether oxygens (including phenoxy) is 1. The molecule has 4 atom stereocenters. The first kappa shape index (κ1) is 20.5. The monoisotopic (exact) mass is 434 g/mol. The predicted octanol–water partition coefficient (Wildman–Crippen LogP) is 2.56. The summed E-state index contributed by atoms with van der Waals surface area (Å²) in [6.07, 6.45) is -1.05. The fraction of sp³-hybridized carbons (Fsp3) is 0.375. The molecule has 2 saturated heterocycles. The number of nitriles is 1. The first-order chi connectivity index (χ1) is 15.4. The molecule has 0 radical (unpaired) electrons. The van der Waals surface area contributed by atoms with Crippen molar-refractivity contribution in [3.05, 3.63) is 53.8 Å². The van der Waals surface area contributed by atoms with Crippen molar-refractivity contribution in [1.82, 2.24) is 10.6 Å². The van der Waals surface area contributed by atoms with E-state index in [1.165, 1.54) is 17.9 Å². The maximum absolute atomic E-state index is 15.0.